The highest BCUT2D eigenvalue weighted by Crippen LogP contribution is 2.22. The number of hydrogen-bond donors (Lipinski definition) is 1. The molecule has 4 atom stereocenters. The summed E-state index contributed by atoms with van der Waals surface area (Å²) in [5.74, 6) is 1.29. The Hall–Kier alpha value is -1.88. The van der Waals surface area contributed by atoms with Crippen LogP contribution in [0.3, 0.4) is 0 Å². The highest BCUT2D eigenvalue weighted by Gasteiger charge is 2.35. The molecule has 0 saturated carbocycles. The second-order valence-corrected chi connectivity index (χ2v) is 9.24. The number of hydrogen-bond acceptors (Lipinski definition) is 3. The van der Waals surface area contributed by atoms with E-state index >= 15 is 0 Å². The largest absolute Gasteiger partial charge is 0.352 e. The van der Waals surface area contributed by atoms with Crippen molar-refractivity contribution in [2.24, 2.45) is 17.8 Å². The van der Waals surface area contributed by atoms with Gasteiger partial charge in [0.2, 0.25) is 11.8 Å². The Labute approximate surface area is 169 Å². The molecule has 0 aliphatic carbocycles. The molecular formula is C23H35N3O2. The third-order valence-electron chi connectivity index (χ3n) is 5.94. The number of amides is 2. The molecule has 2 aliphatic rings. The topological polar surface area (TPSA) is 52.7 Å². The van der Waals surface area contributed by atoms with Crippen LogP contribution in [0.5, 0.6) is 0 Å². The molecule has 2 aliphatic heterocycles. The molecular weight excluding hydrogens is 350 g/mol. The molecule has 0 spiro atoms. The van der Waals surface area contributed by atoms with E-state index in [0.717, 1.165) is 37.0 Å². The average Bonchev–Trinajstić information content (AvgIpc) is 2.96. The van der Waals surface area contributed by atoms with E-state index in [1.807, 2.05) is 4.90 Å². The summed E-state index contributed by atoms with van der Waals surface area (Å²) < 4.78 is 0. The van der Waals surface area contributed by atoms with E-state index in [-0.39, 0.29) is 23.8 Å². The predicted octanol–water partition coefficient (Wildman–Crippen LogP) is 2.83. The Kier molecular flexibility index (Phi) is 6.76. The summed E-state index contributed by atoms with van der Waals surface area (Å²) in [7, 11) is 0. The van der Waals surface area contributed by atoms with E-state index < -0.39 is 0 Å². The van der Waals surface area contributed by atoms with Crippen molar-refractivity contribution in [2.45, 2.75) is 53.1 Å². The lowest BCUT2D eigenvalue weighted by Crippen LogP contribution is -2.48. The monoisotopic (exact) mass is 385 g/mol. The first kappa shape index (κ1) is 20.8. The van der Waals surface area contributed by atoms with Gasteiger partial charge in [-0.1, -0.05) is 43.7 Å². The van der Waals surface area contributed by atoms with Crippen molar-refractivity contribution < 1.29 is 9.59 Å². The van der Waals surface area contributed by atoms with Gasteiger partial charge in [0, 0.05) is 45.2 Å². The molecule has 28 heavy (non-hydrogen) atoms. The fraction of sp³-hybridized carbons (Fsp3) is 0.652. The number of rotatable bonds is 6. The number of nitrogens with zero attached hydrogens (tertiary/aromatic N) is 2. The molecule has 5 nitrogen and oxygen atoms in total. The van der Waals surface area contributed by atoms with Gasteiger partial charge in [-0.2, -0.15) is 0 Å². The molecule has 2 fully saturated rings. The Bertz CT molecular complexity index is 678. The summed E-state index contributed by atoms with van der Waals surface area (Å²) >= 11 is 0. The molecule has 2 amide bonds. The van der Waals surface area contributed by atoms with E-state index in [1.54, 1.807) is 0 Å². The van der Waals surface area contributed by atoms with Crippen LogP contribution in [-0.4, -0.2) is 53.8 Å². The van der Waals surface area contributed by atoms with Gasteiger partial charge in [0.1, 0.15) is 0 Å². The highest BCUT2D eigenvalue weighted by atomic mass is 16.2. The minimum Gasteiger partial charge on any atom is -0.352 e. The van der Waals surface area contributed by atoms with Crippen molar-refractivity contribution >= 4 is 11.8 Å². The molecule has 1 N–H and O–H groups in total. The maximum atomic E-state index is 12.7. The lowest BCUT2D eigenvalue weighted by atomic mass is 9.91. The molecule has 5 heteroatoms. The van der Waals surface area contributed by atoms with Crippen molar-refractivity contribution in [1.82, 2.24) is 15.1 Å². The number of benzene rings is 1. The van der Waals surface area contributed by atoms with Gasteiger partial charge in [0.05, 0.1) is 5.92 Å². The zero-order valence-electron chi connectivity index (χ0n) is 17.8. The maximum absolute atomic E-state index is 12.7. The molecule has 2 heterocycles. The molecule has 4 unspecified atom stereocenters. The normalized spacial score (nSPS) is 27.1. The number of carbonyl (C=O) groups is 2. The van der Waals surface area contributed by atoms with Crippen LogP contribution in [0.1, 0.15) is 44.7 Å². The summed E-state index contributed by atoms with van der Waals surface area (Å²) in [6.45, 7) is 12.9. The number of nitrogens with one attached hydrogen (secondary N) is 1. The zero-order chi connectivity index (χ0) is 20.3. The van der Waals surface area contributed by atoms with Crippen molar-refractivity contribution in [3.05, 3.63) is 35.4 Å². The predicted molar refractivity (Wildman–Crippen MR) is 112 cm³/mol. The molecule has 3 rings (SSSR count). The second kappa shape index (κ2) is 9.08. The third-order valence-corrected chi connectivity index (χ3v) is 5.94. The van der Waals surface area contributed by atoms with Gasteiger partial charge in [-0.25, -0.2) is 0 Å². The Morgan fingerprint density at radius 1 is 1.14 bits per heavy atom. The molecule has 0 radical (unpaired) electrons. The van der Waals surface area contributed by atoms with Crippen LogP contribution in [0, 0.1) is 24.7 Å². The Balaban J connectivity index is 1.47. The van der Waals surface area contributed by atoms with E-state index in [9.17, 15) is 9.59 Å². The van der Waals surface area contributed by atoms with Crippen LogP contribution in [0.4, 0.5) is 0 Å². The van der Waals surface area contributed by atoms with Gasteiger partial charge in [-0.15, -0.1) is 0 Å². The molecule has 2 saturated heterocycles. The Morgan fingerprint density at radius 3 is 2.43 bits per heavy atom. The average molecular weight is 386 g/mol. The second-order valence-electron chi connectivity index (χ2n) is 9.24. The summed E-state index contributed by atoms with van der Waals surface area (Å²) in [5, 5.41) is 3.15. The van der Waals surface area contributed by atoms with Gasteiger partial charge in [0.15, 0.2) is 0 Å². The highest BCUT2D eigenvalue weighted by molar-refractivity contribution is 5.89. The molecule has 0 aromatic heterocycles. The van der Waals surface area contributed by atoms with Crippen LogP contribution in [-0.2, 0) is 16.1 Å². The van der Waals surface area contributed by atoms with E-state index in [0.29, 0.717) is 19.5 Å². The standard InChI is InChI=1S/C23H35N3O2/c1-16-5-7-20(8-6-16)14-26-15-21(10-22(26)27)23(28)24-19(4)13-25-11-17(2)9-18(3)12-25/h5-8,17-19,21H,9-15H2,1-4H3,(H,24,28). The van der Waals surface area contributed by atoms with Crippen LogP contribution < -0.4 is 5.32 Å². The maximum Gasteiger partial charge on any atom is 0.225 e. The van der Waals surface area contributed by atoms with E-state index in [1.165, 1.54) is 12.0 Å². The molecule has 1 aromatic rings. The first-order valence-corrected chi connectivity index (χ1v) is 10.7. The minimum absolute atomic E-state index is 0.0189. The van der Waals surface area contributed by atoms with Crippen molar-refractivity contribution in [1.29, 1.82) is 0 Å². The van der Waals surface area contributed by atoms with Gasteiger partial charge < -0.3 is 15.1 Å². The van der Waals surface area contributed by atoms with Crippen LogP contribution in [0.2, 0.25) is 0 Å². The van der Waals surface area contributed by atoms with Crippen molar-refractivity contribution in [3.8, 4) is 0 Å². The number of aryl methyl sites for hydroxylation is 1. The quantitative estimate of drug-likeness (QED) is 0.819. The first-order valence-electron chi connectivity index (χ1n) is 10.7. The van der Waals surface area contributed by atoms with Crippen LogP contribution in [0.25, 0.3) is 0 Å². The third kappa shape index (κ3) is 5.57. The van der Waals surface area contributed by atoms with Gasteiger partial charge in [-0.05, 0) is 37.7 Å². The molecule has 154 valence electrons. The van der Waals surface area contributed by atoms with Crippen molar-refractivity contribution in [3.63, 3.8) is 0 Å². The fourth-order valence-electron chi connectivity index (χ4n) is 4.75. The fourth-order valence-corrected chi connectivity index (χ4v) is 4.75. The van der Waals surface area contributed by atoms with Crippen LogP contribution in [0.15, 0.2) is 24.3 Å². The van der Waals surface area contributed by atoms with E-state index in [4.69, 9.17) is 0 Å². The molecule has 1 aromatic carbocycles. The van der Waals surface area contributed by atoms with Crippen LogP contribution >= 0.6 is 0 Å². The summed E-state index contributed by atoms with van der Waals surface area (Å²) in [5.41, 5.74) is 2.32. The van der Waals surface area contributed by atoms with E-state index in [2.05, 4.69) is 62.2 Å². The number of piperidine rings is 1. The molecule has 0 bridgehead atoms. The summed E-state index contributed by atoms with van der Waals surface area (Å²) in [6, 6.07) is 8.33. The summed E-state index contributed by atoms with van der Waals surface area (Å²) in [4.78, 5) is 29.4. The lowest BCUT2D eigenvalue weighted by molar-refractivity contribution is -0.129. The Morgan fingerprint density at radius 2 is 1.79 bits per heavy atom. The van der Waals surface area contributed by atoms with Gasteiger partial charge in [-0.3, -0.25) is 9.59 Å². The lowest BCUT2D eigenvalue weighted by Gasteiger charge is -2.36. The summed E-state index contributed by atoms with van der Waals surface area (Å²) in [6.07, 6.45) is 1.61. The van der Waals surface area contributed by atoms with Crippen molar-refractivity contribution in [2.75, 3.05) is 26.2 Å². The smallest absolute Gasteiger partial charge is 0.225 e. The SMILES string of the molecule is Cc1ccc(CN2CC(C(=O)NC(C)CN3CC(C)CC(C)C3)CC2=O)cc1. The van der Waals surface area contributed by atoms with Gasteiger partial charge in [0.25, 0.3) is 0 Å². The first-order chi connectivity index (χ1) is 13.3. The van der Waals surface area contributed by atoms with Gasteiger partial charge >= 0.3 is 0 Å². The number of carbonyl (C=O) groups excluding carboxylic acids is 2. The number of likely N-dealkylation sites (tertiary alicyclic amines) is 2. The minimum atomic E-state index is -0.236. The zero-order valence-corrected chi connectivity index (χ0v) is 17.8.